The zero-order valence-electron chi connectivity index (χ0n) is 21.9. The van der Waals surface area contributed by atoms with E-state index in [0.717, 1.165) is 44.4 Å². The Hall–Kier alpha value is -3.68. The van der Waals surface area contributed by atoms with Crippen LogP contribution >= 0.6 is 0 Å². The van der Waals surface area contributed by atoms with Crippen LogP contribution in [0.2, 0.25) is 0 Å². The predicted molar refractivity (Wildman–Crippen MR) is 132 cm³/mol. The first-order valence-electron chi connectivity index (χ1n) is 12.2. The van der Waals surface area contributed by atoms with Gasteiger partial charge < -0.3 is 30.1 Å². The van der Waals surface area contributed by atoms with Gasteiger partial charge in [0, 0.05) is 35.3 Å². The lowest BCUT2D eigenvalue weighted by molar-refractivity contribution is -0.192. The van der Waals surface area contributed by atoms with Gasteiger partial charge >= 0.3 is 18.2 Å². The smallest absolute Gasteiger partial charge is 0.490 e. The quantitative estimate of drug-likeness (QED) is 0.339. The summed E-state index contributed by atoms with van der Waals surface area (Å²) in [5.41, 5.74) is 0.985. The number of benzene rings is 2. The molecule has 0 bridgehead atoms. The first-order chi connectivity index (χ1) is 18.7. The van der Waals surface area contributed by atoms with Gasteiger partial charge in [-0.25, -0.2) is 22.8 Å². The largest absolute Gasteiger partial charge is 0.493 e. The summed E-state index contributed by atoms with van der Waals surface area (Å²) in [5.74, 6) is -5.65. The van der Waals surface area contributed by atoms with Gasteiger partial charge in [0.15, 0.2) is 29.0 Å². The number of carbonyl (C=O) groups excluding carboxylic acids is 1. The predicted octanol–water partition coefficient (Wildman–Crippen LogP) is 5.07. The number of fused-ring (bicyclic) bond motifs is 1. The van der Waals surface area contributed by atoms with E-state index in [1.807, 2.05) is 12.1 Å². The lowest BCUT2D eigenvalue weighted by atomic mass is 9.65. The number of alkyl halides is 3. The van der Waals surface area contributed by atoms with E-state index in [4.69, 9.17) is 19.4 Å². The van der Waals surface area contributed by atoms with Crippen LogP contribution in [-0.2, 0) is 10.2 Å². The Morgan fingerprint density at radius 3 is 2.17 bits per heavy atom. The Morgan fingerprint density at radius 1 is 1.02 bits per heavy atom. The average molecular weight is 578 g/mol. The number of aliphatic carboxylic acids is 1. The van der Waals surface area contributed by atoms with Gasteiger partial charge in [-0.1, -0.05) is 6.07 Å². The maximum atomic E-state index is 13.4. The highest BCUT2D eigenvalue weighted by Gasteiger charge is 2.50. The minimum atomic E-state index is -5.08. The van der Waals surface area contributed by atoms with Gasteiger partial charge in [0.1, 0.15) is 0 Å². The molecule has 0 aromatic heterocycles. The average Bonchev–Trinajstić information content (AvgIpc) is 3.23. The molecule has 4 rings (SSSR count). The highest BCUT2D eigenvalue weighted by atomic mass is 19.4. The van der Waals surface area contributed by atoms with Crippen molar-refractivity contribution in [1.29, 1.82) is 0 Å². The van der Waals surface area contributed by atoms with E-state index in [-0.39, 0.29) is 23.2 Å². The van der Waals surface area contributed by atoms with Crippen LogP contribution in [0, 0.1) is 17.5 Å². The van der Waals surface area contributed by atoms with Crippen LogP contribution in [0.1, 0.15) is 31.2 Å². The van der Waals surface area contributed by atoms with Crippen LogP contribution < -0.4 is 20.1 Å². The van der Waals surface area contributed by atoms with Crippen molar-refractivity contribution in [3.05, 3.63) is 53.3 Å². The van der Waals surface area contributed by atoms with E-state index < -0.39 is 35.6 Å². The van der Waals surface area contributed by atoms with E-state index in [2.05, 4.69) is 28.6 Å². The third-order valence-electron chi connectivity index (χ3n) is 7.31. The Balaban J connectivity index is 0.000000559. The number of halogens is 6. The molecule has 3 unspecified atom stereocenters. The molecule has 3 N–H and O–H groups in total. The zero-order chi connectivity index (χ0) is 29.8. The molecule has 2 aromatic rings. The summed E-state index contributed by atoms with van der Waals surface area (Å²) in [6.07, 6.45) is -1.75. The maximum absolute atomic E-state index is 13.4. The summed E-state index contributed by atoms with van der Waals surface area (Å²) >= 11 is 0. The van der Waals surface area contributed by atoms with Crippen molar-refractivity contribution in [3.8, 4) is 11.5 Å². The van der Waals surface area contributed by atoms with Gasteiger partial charge in [-0.2, -0.15) is 13.2 Å². The Bertz CT molecular complexity index is 1220. The fourth-order valence-corrected chi connectivity index (χ4v) is 5.37. The molecule has 1 heterocycles. The molecule has 2 aliphatic rings. The summed E-state index contributed by atoms with van der Waals surface area (Å²) in [4.78, 5) is 23.7. The third-order valence-corrected chi connectivity index (χ3v) is 7.31. The number of nitrogens with one attached hydrogen (secondary N) is 2. The van der Waals surface area contributed by atoms with E-state index in [1.54, 1.807) is 14.2 Å². The number of nitrogens with zero attached hydrogens (tertiary/aromatic N) is 1. The topological polar surface area (TPSA) is 100 Å². The number of hydrogen-bond acceptors (Lipinski definition) is 5. The number of rotatable bonds is 5. The molecule has 220 valence electrons. The number of amides is 2. The van der Waals surface area contributed by atoms with Gasteiger partial charge in [0.2, 0.25) is 0 Å². The molecule has 0 radical (unpaired) electrons. The monoisotopic (exact) mass is 577 g/mol. The number of ether oxygens (including phenoxy) is 2. The van der Waals surface area contributed by atoms with Gasteiger partial charge in [-0.3, -0.25) is 0 Å². The number of carboxylic acid groups (broad SMARTS) is 1. The Kier molecular flexibility index (Phi) is 9.44. The van der Waals surface area contributed by atoms with Gasteiger partial charge in [-0.15, -0.1) is 0 Å². The number of likely N-dealkylation sites (tertiary alicyclic amines) is 1. The van der Waals surface area contributed by atoms with Crippen LogP contribution in [0.15, 0.2) is 30.3 Å². The minimum absolute atomic E-state index is 0.0633. The lowest BCUT2D eigenvalue weighted by Gasteiger charge is -2.45. The summed E-state index contributed by atoms with van der Waals surface area (Å²) < 4.78 is 82.7. The molecule has 8 nitrogen and oxygen atoms in total. The molecule has 1 saturated carbocycles. The maximum Gasteiger partial charge on any atom is 0.490 e. The molecule has 14 heteroatoms. The number of likely N-dealkylation sites (N-methyl/N-ethyl adjacent to an activating group) is 1. The molecular weight excluding hydrogens is 548 g/mol. The summed E-state index contributed by atoms with van der Waals surface area (Å²) in [7, 11) is 5.31. The van der Waals surface area contributed by atoms with E-state index in [0.29, 0.717) is 11.5 Å². The SMILES string of the molecule is COc1ccc(C23CCC(NC(=O)Nc4cc(F)c(F)c(F)c4)CC2N(C)CC3)cc1OC.O=C(O)C(F)(F)F. The molecule has 1 aliphatic heterocycles. The molecule has 2 aromatic carbocycles. The molecule has 3 atom stereocenters. The van der Waals surface area contributed by atoms with Crippen LogP contribution in [-0.4, -0.2) is 68.1 Å². The lowest BCUT2D eigenvalue weighted by Crippen LogP contribution is -2.52. The van der Waals surface area contributed by atoms with Gasteiger partial charge in [0.25, 0.3) is 0 Å². The van der Waals surface area contributed by atoms with Crippen molar-refractivity contribution < 1.29 is 50.5 Å². The molecule has 1 saturated heterocycles. The Labute approximate surface area is 226 Å². The van der Waals surface area contributed by atoms with E-state index in [9.17, 15) is 31.1 Å². The number of urea groups is 1. The summed E-state index contributed by atoms with van der Waals surface area (Å²) in [5, 5.41) is 12.4. The van der Waals surface area contributed by atoms with Crippen LogP contribution in [0.5, 0.6) is 11.5 Å². The number of carboxylic acids is 1. The summed E-state index contributed by atoms with van der Waals surface area (Å²) in [6, 6.07) is 7.09. The Morgan fingerprint density at radius 2 is 1.62 bits per heavy atom. The van der Waals surface area contributed by atoms with Crippen LogP contribution in [0.25, 0.3) is 0 Å². The van der Waals surface area contributed by atoms with Crippen molar-refractivity contribution in [3.63, 3.8) is 0 Å². The molecule has 2 fully saturated rings. The molecule has 40 heavy (non-hydrogen) atoms. The minimum Gasteiger partial charge on any atom is -0.493 e. The molecule has 1 aliphatic carbocycles. The third kappa shape index (κ3) is 6.72. The fraction of sp³-hybridized carbons (Fsp3) is 0.462. The fourth-order valence-electron chi connectivity index (χ4n) is 5.37. The highest BCUT2D eigenvalue weighted by molar-refractivity contribution is 5.89. The van der Waals surface area contributed by atoms with Crippen molar-refractivity contribution in [1.82, 2.24) is 10.2 Å². The molecular formula is C26H29F6N3O5. The number of carbonyl (C=O) groups is 2. The van der Waals surface area contributed by atoms with Crippen LogP contribution in [0.4, 0.5) is 36.8 Å². The highest BCUT2D eigenvalue weighted by Crippen LogP contribution is 2.49. The van der Waals surface area contributed by atoms with Gasteiger partial charge in [-0.05, 0) is 57.0 Å². The second kappa shape index (κ2) is 12.2. The van der Waals surface area contributed by atoms with E-state index in [1.165, 1.54) is 5.56 Å². The number of methoxy groups -OCH3 is 2. The molecule has 2 amide bonds. The summed E-state index contributed by atoms with van der Waals surface area (Å²) in [6.45, 7) is 0.937. The second-order valence-corrected chi connectivity index (χ2v) is 9.60. The van der Waals surface area contributed by atoms with Crippen LogP contribution in [0.3, 0.4) is 0 Å². The first kappa shape index (κ1) is 30.9. The zero-order valence-corrected chi connectivity index (χ0v) is 21.9. The first-order valence-corrected chi connectivity index (χ1v) is 12.2. The molecule has 0 spiro atoms. The standard InChI is InChI=1S/C24H28F3N3O3.C2HF3O2/c1-30-9-8-24(14-4-5-19(32-2)20(10-14)33-3)7-6-15(13-21(24)30)28-23(31)29-16-11-17(25)22(27)18(26)12-16;3-2(4,5)1(6)7/h4-5,10-12,15,21H,6-9,13H2,1-3H3,(H2,28,29,31);(H,6,7). The number of hydrogen-bond donors (Lipinski definition) is 3. The van der Waals surface area contributed by atoms with Crippen molar-refractivity contribution >= 4 is 17.7 Å². The van der Waals surface area contributed by atoms with Crippen molar-refractivity contribution in [2.24, 2.45) is 0 Å². The van der Waals surface area contributed by atoms with Crippen molar-refractivity contribution in [2.75, 3.05) is 33.1 Å². The normalized spacial score (nSPS) is 22.4. The van der Waals surface area contributed by atoms with E-state index >= 15 is 0 Å². The van der Waals surface area contributed by atoms with Crippen molar-refractivity contribution in [2.45, 2.75) is 49.4 Å². The van der Waals surface area contributed by atoms with Gasteiger partial charge in [0.05, 0.1) is 14.2 Å². The second-order valence-electron chi connectivity index (χ2n) is 9.60. The number of anilines is 1.